The van der Waals surface area contributed by atoms with Crippen LogP contribution in [-0.2, 0) is 9.59 Å². The van der Waals surface area contributed by atoms with Gasteiger partial charge in [-0.15, -0.1) is 0 Å². The molecule has 0 atom stereocenters. The summed E-state index contributed by atoms with van der Waals surface area (Å²) in [5.41, 5.74) is 0. The van der Waals surface area contributed by atoms with Gasteiger partial charge in [-0.2, -0.15) is 0 Å². The summed E-state index contributed by atoms with van der Waals surface area (Å²) in [5, 5.41) is 3.16. The summed E-state index contributed by atoms with van der Waals surface area (Å²) in [6.07, 6.45) is 6.99. The molecule has 2 amide bonds. The Hall–Kier alpha value is -1.10. The van der Waals surface area contributed by atoms with Crippen LogP contribution in [-0.4, -0.2) is 60.4 Å². The van der Waals surface area contributed by atoms with E-state index in [1.807, 2.05) is 4.90 Å². The highest BCUT2D eigenvalue weighted by Crippen LogP contribution is 2.17. The maximum atomic E-state index is 12.1. The fourth-order valence-electron chi connectivity index (χ4n) is 3.17. The zero-order valence-corrected chi connectivity index (χ0v) is 12.6. The average Bonchev–Trinajstić information content (AvgIpc) is 2.65. The van der Waals surface area contributed by atoms with E-state index in [0.29, 0.717) is 12.6 Å². The SMILES string of the molecule is CC(=O)N1CCCN(CC(=O)NC2CCCCC2)CC1. The van der Waals surface area contributed by atoms with Crippen LogP contribution in [0.15, 0.2) is 0 Å². The molecule has 0 unspecified atom stereocenters. The zero-order valence-electron chi connectivity index (χ0n) is 12.6. The predicted octanol–water partition coefficient (Wildman–Crippen LogP) is 0.989. The fourth-order valence-corrected chi connectivity index (χ4v) is 3.17. The molecule has 2 rings (SSSR count). The summed E-state index contributed by atoms with van der Waals surface area (Å²) in [4.78, 5) is 27.5. The van der Waals surface area contributed by atoms with E-state index in [1.54, 1.807) is 6.92 Å². The van der Waals surface area contributed by atoms with Crippen LogP contribution in [0.3, 0.4) is 0 Å². The van der Waals surface area contributed by atoms with Crippen LogP contribution in [0.5, 0.6) is 0 Å². The molecule has 0 aromatic rings. The van der Waals surface area contributed by atoms with Crippen molar-refractivity contribution < 1.29 is 9.59 Å². The molecular formula is C15H27N3O2. The monoisotopic (exact) mass is 281 g/mol. The first kappa shape index (κ1) is 15.3. The lowest BCUT2D eigenvalue weighted by atomic mass is 9.95. The molecule has 20 heavy (non-hydrogen) atoms. The summed E-state index contributed by atoms with van der Waals surface area (Å²) in [5.74, 6) is 0.284. The molecule has 0 aromatic carbocycles. The van der Waals surface area contributed by atoms with Gasteiger partial charge in [-0.3, -0.25) is 14.5 Å². The second kappa shape index (κ2) is 7.62. The van der Waals surface area contributed by atoms with Crippen LogP contribution in [0, 0.1) is 0 Å². The van der Waals surface area contributed by atoms with E-state index in [4.69, 9.17) is 0 Å². The second-order valence-electron chi connectivity index (χ2n) is 6.04. The molecule has 0 aromatic heterocycles. The minimum atomic E-state index is 0.138. The normalized spacial score (nSPS) is 22.4. The molecule has 1 saturated carbocycles. The molecule has 2 fully saturated rings. The lowest BCUT2D eigenvalue weighted by molar-refractivity contribution is -0.128. The summed E-state index contributed by atoms with van der Waals surface area (Å²) in [7, 11) is 0. The van der Waals surface area contributed by atoms with Crippen LogP contribution >= 0.6 is 0 Å². The highest BCUT2D eigenvalue weighted by atomic mass is 16.2. The molecule has 5 nitrogen and oxygen atoms in total. The van der Waals surface area contributed by atoms with Gasteiger partial charge in [-0.05, 0) is 19.3 Å². The molecule has 0 radical (unpaired) electrons. The Kier molecular flexibility index (Phi) is 5.83. The van der Waals surface area contributed by atoms with Crippen LogP contribution in [0.2, 0.25) is 0 Å². The molecule has 114 valence electrons. The van der Waals surface area contributed by atoms with E-state index in [-0.39, 0.29) is 11.8 Å². The molecular weight excluding hydrogens is 254 g/mol. The minimum Gasteiger partial charge on any atom is -0.352 e. The highest BCUT2D eigenvalue weighted by molar-refractivity contribution is 5.78. The summed E-state index contributed by atoms with van der Waals surface area (Å²) < 4.78 is 0. The molecule has 1 N–H and O–H groups in total. The van der Waals surface area contributed by atoms with Crippen molar-refractivity contribution in [2.24, 2.45) is 0 Å². The third kappa shape index (κ3) is 4.78. The van der Waals surface area contributed by atoms with Gasteiger partial charge in [0.05, 0.1) is 6.54 Å². The van der Waals surface area contributed by atoms with Crippen molar-refractivity contribution in [1.82, 2.24) is 15.1 Å². The maximum absolute atomic E-state index is 12.1. The number of hydrogen-bond donors (Lipinski definition) is 1. The Morgan fingerprint density at radius 2 is 1.75 bits per heavy atom. The minimum absolute atomic E-state index is 0.138. The molecule has 2 aliphatic rings. The molecule has 0 spiro atoms. The lowest BCUT2D eigenvalue weighted by Gasteiger charge is -2.25. The maximum Gasteiger partial charge on any atom is 0.234 e. The van der Waals surface area contributed by atoms with E-state index >= 15 is 0 Å². The smallest absolute Gasteiger partial charge is 0.234 e. The highest BCUT2D eigenvalue weighted by Gasteiger charge is 2.20. The number of rotatable bonds is 3. The quantitative estimate of drug-likeness (QED) is 0.839. The summed E-state index contributed by atoms with van der Waals surface area (Å²) in [6.45, 7) is 5.36. The van der Waals surface area contributed by atoms with Gasteiger partial charge in [-0.1, -0.05) is 19.3 Å². The van der Waals surface area contributed by atoms with Crippen molar-refractivity contribution in [2.75, 3.05) is 32.7 Å². The molecule has 1 aliphatic carbocycles. The number of nitrogens with one attached hydrogen (secondary N) is 1. The van der Waals surface area contributed by atoms with Crippen molar-refractivity contribution in [3.05, 3.63) is 0 Å². The van der Waals surface area contributed by atoms with E-state index in [2.05, 4.69) is 10.2 Å². The summed E-state index contributed by atoms with van der Waals surface area (Å²) in [6, 6.07) is 0.386. The van der Waals surface area contributed by atoms with E-state index in [1.165, 1.54) is 19.3 Å². The lowest BCUT2D eigenvalue weighted by Crippen LogP contribution is -2.43. The van der Waals surface area contributed by atoms with Gasteiger partial charge in [0.1, 0.15) is 0 Å². The van der Waals surface area contributed by atoms with Gasteiger partial charge in [-0.25, -0.2) is 0 Å². The number of carbonyl (C=O) groups is 2. The van der Waals surface area contributed by atoms with Gasteiger partial charge in [0, 0.05) is 39.1 Å². The Morgan fingerprint density at radius 3 is 2.45 bits per heavy atom. The van der Waals surface area contributed by atoms with Crippen LogP contribution in [0.4, 0.5) is 0 Å². The van der Waals surface area contributed by atoms with Crippen LogP contribution in [0.25, 0.3) is 0 Å². The number of amides is 2. The Balaban J connectivity index is 1.72. The average molecular weight is 281 g/mol. The molecule has 5 heteroatoms. The first-order chi connectivity index (χ1) is 9.65. The third-order valence-electron chi connectivity index (χ3n) is 4.37. The van der Waals surface area contributed by atoms with E-state index in [0.717, 1.165) is 45.4 Å². The van der Waals surface area contributed by atoms with Crippen molar-refractivity contribution in [2.45, 2.75) is 51.5 Å². The Labute approximate surface area is 121 Å². The third-order valence-corrected chi connectivity index (χ3v) is 4.37. The van der Waals surface area contributed by atoms with Crippen molar-refractivity contribution >= 4 is 11.8 Å². The van der Waals surface area contributed by atoms with Crippen molar-refractivity contribution in [3.8, 4) is 0 Å². The zero-order chi connectivity index (χ0) is 14.4. The summed E-state index contributed by atoms with van der Waals surface area (Å²) >= 11 is 0. The van der Waals surface area contributed by atoms with E-state index in [9.17, 15) is 9.59 Å². The molecule has 1 aliphatic heterocycles. The number of hydrogen-bond acceptors (Lipinski definition) is 3. The number of carbonyl (C=O) groups excluding carboxylic acids is 2. The topological polar surface area (TPSA) is 52.7 Å². The van der Waals surface area contributed by atoms with E-state index < -0.39 is 0 Å². The van der Waals surface area contributed by atoms with Crippen LogP contribution in [0.1, 0.15) is 45.4 Å². The first-order valence-electron chi connectivity index (χ1n) is 7.92. The van der Waals surface area contributed by atoms with Crippen molar-refractivity contribution in [3.63, 3.8) is 0 Å². The molecule has 1 heterocycles. The van der Waals surface area contributed by atoms with Gasteiger partial charge < -0.3 is 10.2 Å². The van der Waals surface area contributed by atoms with Gasteiger partial charge in [0.25, 0.3) is 0 Å². The Morgan fingerprint density at radius 1 is 1.00 bits per heavy atom. The van der Waals surface area contributed by atoms with Crippen molar-refractivity contribution in [1.29, 1.82) is 0 Å². The standard InChI is InChI=1S/C15H27N3O2/c1-13(19)18-9-5-8-17(10-11-18)12-15(20)16-14-6-3-2-4-7-14/h14H,2-12H2,1H3,(H,16,20). The Bertz CT molecular complexity index is 340. The first-order valence-corrected chi connectivity index (χ1v) is 7.92. The molecule has 0 bridgehead atoms. The molecule has 1 saturated heterocycles. The van der Waals surface area contributed by atoms with Crippen LogP contribution < -0.4 is 5.32 Å². The van der Waals surface area contributed by atoms with Gasteiger partial charge in [0.15, 0.2) is 0 Å². The fraction of sp³-hybridized carbons (Fsp3) is 0.867. The second-order valence-corrected chi connectivity index (χ2v) is 6.04. The largest absolute Gasteiger partial charge is 0.352 e. The van der Waals surface area contributed by atoms with Gasteiger partial charge in [0.2, 0.25) is 11.8 Å². The number of nitrogens with zero attached hydrogens (tertiary/aromatic N) is 2. The predicted molar refractivity (Wildman–Crippen MR) is 78.3 cm³/mol. The van der Waals surface area contributed by atoms with Gasteiger partial charge >= 0.3 is 0 Å².